The van der Waals surface area contributed by atoms with Crippen LogP contribution in [-0.2, 0) is 0 Å². The van der Waals surface area contributed by atoms with Gasteiger partial charge in [-0.3, -0.25) is 0 Å². The van der Waals surface area contributed by atoms with Crippen LogP contribution < -0.4 is 0 Å². The van der Waals surface area contributed by atoms with Gasteiger partial charge in [-0.1, -0.05) is 26.0 Å². The molecule has 0 unspecified atom stereocenters. The summed E-state index contributed by atoms with van der Waals surface area (Å²) in [5, 5.41) is 0. The smallest absolute Gasteiger partial charge is 0.174 e. The second-order valence-corrected chi connectivity index (χ2v) is 4.20. The average molecular weight is 316 g/mol. The van der Waals surface area contributed by atoms with Crippen LogP contribution in [0, 0.1) is 3.57 Å². The lowest BCUT2D eigenvalue weighted by Crippen LogP contribution is -1.85. The van der Waals surface area contributed by atoms with Gasteiger partial charge >= 0.3 is 6.68 Å². The molecule has 0 N–H and O–H groups in total. The van der Waals surface area contributed by atoms with Crippen molar-refractivity contribution in [2.45, 2.75) is 26.4 Å². The minimum atomic E-state index is -3.67. The van der Waals surface area contributed by atoms with Crippen molar-refractivity contribution in [2.24, 2.45) is 0 Å². The maximum atomic E-state index is 9.67. The van der Waals surface area contributed by atoms with Crippen LogP contribution in [0.25, 0.3) is 0 Å². The van der Waals surface area contributed by atoms with E-state index in [2.05, 4.69) is 60.7 Å². The van der Waals surface area contributed by atoms with E-state index in [9.17, 15) is 13.2 Å². The van der Waals surface area contributed by atoms with Crippen molar-refractivity contribution in [1.82, 2.24) is 0 Å². The fraction of sp³-hybridized carbons (Fsp3) is 0.400. The highest BCUT2D eigenvalue weighted by molar-refractivity contribution is 14.1. The van der Waals surface area contributed by atoms with E-state index in [4.69, 9.17) is 0 Å². The summed E-state index contributed by atoms with van der Waals surface area (Å²) in [5.41, 5.74) is 1.42. The minimum absolute atomic E-state index is 0.650. The van der Waals surface area contributed by atoms with Gasteiger partial charge < -0.3 is 0 Å². The van der Waals surface area contributed by atoms with Crippen LogP contribution >= 0.6 is 22.6 Å². The van der Waals surface area contributed by atoms with Crippen LogP contribution in [0.3, 0.4) is 0 Å². The molecule has 0 aliphatic rings. The second kappa shape index (κ2) is 7.09. The van der Waals surface area contributed by atoms with E-state index in [1.54, 1.807) is 0 Å². The lowest BCUT2D eigenvalue weighted by molar-refractivity contribution is 0.00819. The van der Waals surface area contributed by atoms with Gasteiger partial charge in [-0.25, -0.2) is 0 Å². The standard InChI is InChI=1S/C9H11I.CHF3/c1-7(2)8-3-5-9(10)6-4-8;2-1(3)4/h3-7H,1-2H3;1H. The summed E-state index contributed by atoms with van der Waals surface area (Å²) in [6.45, 7) is 0.754. The van der Waals surface area contributed by atoms with Crippen molar-refractivity contribution in [3.63, 3.8) is 0 Å². The first-order chi connectivity index (χ1) is 6.43. The molecule has 0 aliphatic heterocycles. The molecule has 0 aliphatic carbocycles. The highest BCUT2D eigenvalue weighted by Gasteiger charge is 1.95. The van der Waals surface area contributed by atoms with Crippen molar-refractivity contribution in [3.8, 4) is 0 Å². The first-order valence-electron chi connectivity index (χ1n) is 4.11. The maximum Gasteiger partial charge on any atom is 0.379 e. The zero-order valence-electron chi connectivity index (χ0n) is 7.98. The van der Waals surface area contributed by atoms with E-state index in [-0.39, 0.29) is 0 Å². The number of benzene rings is 1. The van der Waals surface area contributed by atoms with Crippen molar-refractivity contribution >= 4 is 22.6 Å². The Hall–Kier alpha value is -0.260. The van der Waals surface area contributed by atoms with Gasteiger partial charge in [0.05, 0.1) is 0 Å². The average Bonchev–Trinajstić information content (AvgIpc) is 2.03. The summed E-state index contributed by atoms with van der Waals surface area (Å²) in [6.07, 6.45) is 0. The molecule has 1 aromatic carbocycles. The molecule has 0 aromatic heterocycles. The predicted octanol–water partition coefficient (Wildman–Crippen LogP) is 4.59. The number of alkyl halides is 3. The van der Waals surface area contributed by atoms with Crippen LogP contribution in [0.1, 0.15) is 25.3 Å². The molecular weight excluding hydrogens is 304 g/mol. The van der Waals surface area contributed by atoms with Gasteiger partial charge in [-0.15, -0.1) is 0 Å². The van der Waals surface area contributed by atoms with Gasteiger partial charge in [0.15, 0.2) is 0 Å². The van der Waals surface area contributed by atoms with Crippen LogP contribution in [0.5, 0.6) is 0 Å². The van der Waals surface area contributed by atoms with Crippen LogP contribution in [-0.4, -0.2) is 6.68 Å². The van der Waals surface area contributed by atoms with Gasteiger partial charge in [0.2, 0.25) is 0 Å². The fourth-order valence-corrected chi connectivity index (χ4v) is 1.21. The Labute approximate surface area is 95.7 Å². The third kappa shape index (κ3) is 7.17. The molecule has 0 saturated heterocycles. The quantitative estimate of drug-likeness (QED) is 0.665. The molecule has 1 rings (SSSR count). The van der Waals surface area contributed by atoms with Gasteiger partial charge in [0, 0.05) is 3.57 Å². The molecule has 0 fully saturated rings. The highest BCUT2D eigenvalue weighted by atomic mass is 127. The molecule has 0 radical (unpaired) electrons. The number of rotatable bonds is 1. The first-order valence-corrected chi connectivity index (χ1v) is 5.19. The third-order valence-corrected chi connectivity index (χ3v) is 2.26. The van der Waals surface area contributed by atoms with Crippen molar-refractivity contribution in [2.75, 3.05) is 0 Å². The van der Waals surface area contributed by atoms with E-state index in [0.717, 1.165) is 0 Å². The van der Waals surface area contributed by atoms with E-state index in [1.165, 1.54) is 9.13 Å². The van der Waals surface area contributed by atoms with E-state index >= 15 is 0 Å². The molecule has 80 valence electrons. The first kappa shape index (κ1) is 13.7. The van der Waals surface area contributed by atoms with E-state index in [1.807, 2.05) is 0 Å². The molecule has 14 heavy (non-hydrogen) atoms. The van der Waals surface area contributed by atoms with Gasteiger partial charge in [0.1, 0.15) is 0 Å². The molecule has 4 heteroatoms. The SMILES string of the molecule is CC(C)c1ccc(I)cc1.FC(F)F. The topological polar surface area (TPSA) is 0 Å². The summed E-state index contributed by atoms with van der Waals surface area (Å²) in [4.78, 5) is 0. The Morgan fingerprint density at radius 2 is 1.36 bits per heavy atom. The van der Waals surface area contributed by atoms with Crippen LogP contribution in [0.2, 0.25) is 0 Å². The lowest BCUT2D eigenvalue weighted by Gasteiger charge is -2.03. The Bertz CT molecular complexity index is 241. The summed E-state index contributed by atoms with van der Waals surface area (Å²) in [5.74, 6) is 0.650. The number of halogens is 4. The Kier molecular flexibility index (Phi) is 6.96. The monoisotopic (exact) mass is 316 g/mol. The summed E-state index contributed by atoms with van der Waals surface area (Å²) in [7, 11) is 0. The number of hydrogen-bond donors (Lipinski definition) is 0. The molecule has 0 atom stereocenters. The molecule has 0 spiro atoms. The Morgan fingerprint density at radius 3 is 1.64 bits per heavy atom. The molecule has 0 amide bonds. The van der Waals surface area contributed by atoms with Crippen molar-refractivity contribution in [3.05, 3.63) is 33.4 Å². The van der Waals surface area contributed by atoms with Crippen LogP contribution in [0.4, 0.5) is 13.2 Å². The molecule has 0 bridgehead atoms. The molecule has 0 nitrogen and oxygen atoms in total. The Balaban J connectivity index is 0.000000364. The predicted molar refractivity (Wildman–Crippen MR) is 60.4 cm³/mol. The number of hydrogen-bond acceptors (Lipinski definition) is 0. The van der Waals surface area contributed by atoms with Gasteiger partial charge in [0.25, 0.3) is 0 Å². The Morgan fingerprint density at radius 1 is 1.00 bits per heavy atom. The molecule has 1 aromatic rings. The molecule has 0 saturated carbocycles. The highest BCUT2D eigenvalue weighted by Crippen LogP contribution is 2.15. The lowest BCUT2D eigenvalue weighted by atomic mass is 10.0. The zero-order chi connectivity index (χ0) is 11.1. The van der Waals surface area contributed by atoms with Gasteiger partial charge in [-0.05, 0) is 46.2 Å². The normalized spacial score (nSPS) is 10.0. The van der Waals surface area contributed by atoms with Crippen LogP contribution in [0.15, 0.2) is 24.3 Å². The van der Waals surface area contributed by atoms with Crippen molar-refractivity contribution in [1.29, 1.82) is 0 Å². The van der Waals surface area contributed by atoms with E-state index < -0.39 is 6.68 Å². The van der Waals surface area contributed by atoms with E-state index in [0.29, 0.717) is 5.92 Å². The van der Waals surface area contributed by atoms with Crippen molar-refractivity contribution < 1.29 is 13.2 Å². The summed E-state index contributed by atoms with van der Waals surface area (Å²) >= 11 is 2.32. The van der Waals surface area contributed by atoms with Gasteiger partial charge in [-0.2, -0.15) is 13.2 Å². The summed E-state index contributed by atoms with van der Waals surface area (Å²) < 4.78 is 30.3. The second-order valence-electron chi connectivity index (χ2n) is 2.95. The minimum Gasteiger partial charge on any atom is -0.174 e. The fourth-order valence-electron chi connectivity index (χ4n) is 0.848. The molecule has 0 heterocycles. The zero-order valence-corrected chi connectivity index (χ0v) is 10.1. The summed E-state index contributed by atoms with van der Waals surface area (Å²) in [6, 6.07) is 8.67. The maximum absolute atomic E-state index is 9.67. The third-order valence-electron chi connectivity index (χ3n) is 1.54. The molecular formula is C10H12F3I. The largest absolute Gasteiger partial charge is 0.379 e.